The van der Waals surface area contributed by atoms with Gasteiger partial charge in [0.2, 0.25) is 11.8 Å². The fourth-order valence-corrected chi connectivity index (χ4v) is 2.96. The van der Waals surface area contributed by atoms with E-state index in [2.05, 4.69) is 5.32 Å². The van der Waals surface area contributed by atoms with Crippen molar-refractivity contribution in [2.75, 3.05) is 6.54 Å². The van der Waals surface area contributed by atoms with Gasteiger partial charge < -0.3 is 5.32 Å². The number of carbonyl (C=O) groups is 2. The van der Waals surface area contributed by atoms with Gasteiger partial charge >= 0.3 is 0 Å². The van der Waals surface area contributed by atoms with E-state index in [0.717, 1.165) is 5.56 Å². The quantitative estimate of drug-likeness (QED) is 0.845. The molecular formula is C15H18Cl2N2O2. The number of likely N-dealkylation sites (tertiary alicyclic amines) is 1. The van der Waals surface area contributed by atoms with Crippen LogP contribution in [0.1, 0.15) is 25.8 Å². The monoisotopic (exact) mass is 328 g/mol. The third kappa shape index (κ3) is 3.76. The summed E-state index contributed by atoms with van der Waals surface area (Å²) in [5.74, 6) is -0.255. The second-order valence-electron chi connectivity index (χ2n) is 5.39. The standard InChI is InChI=1S/C15H18Cl2N2O2/c1-9(2)19-14(20)8-13(15(19)21)18-6-5-10-3-4-11(16)7-12(10)17/h3-4,7,9,13,18H,5-6,8H2,1-2H3. The van der Waals surface area contributed by atoms with Crippen LogP contribution in [-0.2, 0) is 16.0 Å². The van der Waals surface area contributed by atoms with Gasteiger partial charge in [0.05, 0.1) is 12.5 Å². The van der Waals surface area contributed by atoms with Crippen molar-refractivity contribution in [1.29, 1.82) is 0 Å². The maximum Gasteiger partial charge on any atom is 0.247 e. The molecule has 21 heavy (non-hydrogen) atoms. The van der Waals surface area contributed by atoms with Crippen molar-refractivity contribution in [2.45, 2.75) is 38.8 Å². The van der Waals surface area contributed by atoms with Crippen molar-refractivity contribution in [3.8, 4) is 0 Å². The van der Waals surface area contributed by atoms with Gasteiger partial charge in [-0.15, -0.1) is 0 Å². The van der Waals surface area contributed by atoms with Crippen LogP contribution in [0.3, 0.4) is 0 Å². The number of halogens is 2. The second-order valence-corrected chi connectivity index (χ2v) is 6.24. The van der Waals surface area contributed by atoms with Gasteiger partial charge in [-0.1, -0.05) is 29.3 Å². The zero-order chi connectivity index (χ0) is 15.6. The molecule has 1 aromatic carbocycles. The van der Waals surface area contributed by atoms with E-state index in [-0.39, 0.29) is 24.3 Å². The van der Waals surface area contributed by atoms with Crippen molar-refractivity contribution in [2.24, 2.45) is 0 Å². The molecule has 0 radical (unpaired) electrons. The van der Waals surface area contributed by atoms with Crippen LogP contribution in [0.4, 0.5) is 0 Å². The molecule has 0 aromatic heterocycles. The lowest BCUT2D eigenvalue weighted by Gasteiger charge is -2.19. The Morgan fingerprint density at radius 2 is 2.05 bits per heavy atom. The average molecular weight is 329 g/mol. The lowest BCUT2D eigenvalue weighted by molar-refractivity contribution is -0.140. The van der Waals surface area contributed by atoms with Gasteiger partial charge in [0.25, 0.3) is 0 Å². The van der Waals surface area contributed by atoms with E-state index in [1.165, 1.54) is 4.90 Å². The van der Waals surface area contributed by atoms with Gasteiger partial charge in [0.15, 0.2) is 0 Å². The molecule has 6 heteroatoms. The fourth-order valence-electron chi connectivity index (χ4n) is 2.46. The van der Waals surface area contributed by atoms with Crippen molar-refractivity contribution in [3.63, 3.8) is 0 Å². The van der Waals surface area contributed by atoms with Gasteiger partial charge in [0.1, 0.15) is 0 Å². The molecule has 0 saturated carbocycles. The zero-order valence-corrected chi connectivity index (χ0v) is 13.5. The first-order chi connectivity index (χ1) is 9.90. The minimum atomic E-state index is -0.425. The highest BCUT2D eigenvalue weighted by Crippen LogP contribution is 2.21. The summed E-state index contributed by atoms with van der Waals surface area (Å²) in [7, 11) is 0. The Bertz CT molecular complexity index is 561. The molecule has 1 heterocycles. The maximum atomic E-state index is 12.1. The Kier molecular flexibility index (Phi) is 5.25. The van der Waals surface area contributed by atoms with Crippen LogP contribution in [0.5, 0.6) is 0 Å². The highest BCUT2D eigenvalue weighted by molar-refractivity contribution is 6.35. The molecule has 0 spiro atoms. The minimum Gasteiger partial charge on any atom is -0.305 e. The van der Waals surface area contributed by atoms with Crippen LogP contribution in [0.25, 0.3) is 0 Å². The number of rotatable bonds is 5. The van der Waals surface area contributed by atoms with E-state index in [0.29, 0.717) is 23.0 Å². The van der Waals surface area contributed by atoms with E-state index < -0.39 is 6.04 Å². The summed E-state index contributed by atoms with van der Waals surface area (Å²) < 4.78 is 0. The number of carbonyl (C=O) groups excluding carboxylic acids is 2. The predicted octanol–water partition coefficient (Wildman–Crippen LogP) is 2.66. The van der Waals surface area contributed by atoms with Crippen LogP contribution in [0.15, 0.2) is 18.2 Å². The molecule has 0 bridgehead atoms. The fraction of sp³-hybridized carbons (Fsp3) is 0.467. The first-order valence-corrected chi connectivity index (χ1v) is 7.69. The number of nitrogens with one attached hydrogen (secondary N) is 1. The summed E-state index contributed by atoms with van der Waals surface area (Å²) in [5.41, 5.74) is 0.964. The molecule has 4 nitrogen and oxygen atoms in total. The number of hydrogen-bond acceptors (Lipinski definition) is 3. The first-order valence-electron chi connectivity index (χ1n) is 6.93. The minimum absolute atomic E-state index is 0.0949. The SMILES string of the molecule is CC(C)N1C(=O)CC(NCCc2ccc(Cl)cc2Cl)C1=O. The number of imide groups is 1. The number of benzene rings is 1. The summed E-state index contributed by atoms with van der Waals surface area (Å²) in [6.45, 7) is 4.26. The van der Waals surface area contributed by atoms with E-state index in [9.17, 15) is 9.59 Å². The Hall–Kier alpha value is -1.10. The molecule has 1 aromatic rings. The molecule has 2 rings (SSSR count). The topological polar surface area (TPSA) is 49.4 Å². The van der Waals surface area contributed by atoms with Gasteiger partial charge in [-0.2, -0.15) is 0 Å². The predicted molar refractivity (Wildman–Crippen MR) is 83.6 cm³/mol. The zero-order valence-electron chi connectivity index (χ0n) is 12.0. The Labute approximate surface area is 134 Å². The second kappa shape index (κ2) is 6.77. The summed E-state index contributed by atoms with van der Waals surface area (Å²) in [6.07, 6.45) is 0.904. The Balaban J connectivity index is 1.89. The number of amides is 2. The third-order valence-electron chi connectivity index (χ3n) is 3.50. The molecule has 1 fully saturated rings. The Morgan fingerprint density at radius 1 is 1.33 bits per heavy atom. The third-order valence-corrected chi connectivity index (χ3v) is 4.09. The Morgan fingerprint density at radius 3 is 2.62 bits per heavy atom. The molecule has 1 N–H and O–H groups in total. The molecule has 114 valence electrons. The van der Waals surface area contributed by atoms with Crippen LogP contribution in [-0.4, -0.2) is 35.3 Å². The van der Waals surface area contributed by atoms with Gasteiger partial charge in [-0.05, 0) is 44.5 Å². The molecule has 1 saturated heterocycles. The van der Waals surface area contributed by atoms with Crippen molar-refractivity contribution in [1.82, 2.24) is 10.2 Å². The summed E-state index contributed by atoms with van der Waals surface area (Å²) in [4.78, 5) is 25.2. The highest BCUT2D eigenvalue weighted by atomic mass is 35.5. The maximum absolute atomic E-state index is 12.1. The van der Waals surface area contributed by atoms with Gasteiger partial charge in [0, 0.05) is 16.1 Å². The smallest absolute Gasteiger partial charge is 0.247 e. The summed E-state index contributed by atoms with van der Waals surface area (Å²) in [6, 6.07) is 4.83. The molecule has 2 amide bonds. The molecule has 1 atom stereocenters. The van der Waals surface area contributed by atoms with E-state index >= 15 is 0 Å². The molecule has 1 unspecified atom stereocenters. The average Bonchev–Trinajstić information content (AvgIpc) is 2.67. The lowest BCUT2D eigenvalue weighted by Crippen LogP contribution is -2.42. The number of nitrogens with zero attached hydrogens (tertiary/aromatic N) is 1. The van der Waals surface area contributed by atoms with Gasteiger partial charge in [-0.3, -0.25) is 14.5 Å². The highest BCUT2D eigenvalue weighted by Gasteiger charge is 2.39. The number of hydrogen-bond donors (Lipinski definition) is 1. The normalized spacial score (nSPS) is 18.9. The van der Waals surface area contributed by atoms with Crippen molar-refractivity contribution in [3.05, 3.63) is 33.8 Å². The van der Waals surface area contributed by atoms with E-state index in [1.54, 1.807) is 12.1 Å². The van der Waals surface area contributed by atoms with Crippen LogP contribution >= 0.6 is 23.2 Å². The summed E-state index contributed by atoms with van der Waals surface area (Å²) in [5, 5.41) is 4.34. The molecule has 1 aliphatic rings. The van der Waals surface area contributed by atoms with Gasteiger partial charge in [-0.25, -0.2) is 0 Å². The van der Waals surface area contributed by atoms with E-state index in [4.69, 9.17) is 23.2 Å². The molecule has 1 aliphatic heterocycles. The van der Waals surface area contributed by atoms with Crippen LogP contribution < -0.4 is 5.32 Å². The largest absolute Gasteiger partial charge is 0.305 e. The summed E-state index contributed by atoms with van der Waals surface area (Å²) >= 11 is 11.9. The van der Waals surface area contributed by atoms with Crippen LogP contribution in [0.2, 0.25) is 10.0 Å². The van der Waals surface area contributed by atoms with E-state index in [1.807, 2.05) is 19.9 Å². The lowest BCUT2D eigenvalue weighted by atomic mass is 10.1. The van der Waals surface area contributed by atoms with Crippen LogP contribution in [0, 0.1) is 0 Å². The molecule has 0 aliphatic carbocycles. The molecular weight excluding hydrogens is 311 g/mol. The first kappa shape index (κ1) is 16.3. The van der Waals surface area contributed by atoms with Crippen molar-refractivity contribution >= 4 is 35.0 Å². The van der Waals surface area contributed by atoms with Crippen molar-refractivity contribution < 1.29 is 9.59 Å².